The van der Waals surface area contributed by atoms with Crippen LogP contribution in [0.1, 0.15) is 43.9 Å². The molecule has 0 aliphatic heterocycles. The van der Waals surface area contributed by atoms with E-state index in [1.807, 2.05) is 52.0 Å². The summed E-state index contributed by atoms with van der Waals surface area (Å²) in [6.07, 6.45) is 0.737. The molecule has 9 heteroatoms. The molecule has 0 fully saturated rings. The maximum atomic E-state index is 14.1. The van der Waals surface area contributed by atoms with Crippen LogP contribution in [0.5, 0.6) is 5.75 Å². The zero-order valence-corrected chi connectivity index (χ0v) is 24.9. The largest absolute Gasteiger partial charge is 0.495 e. The van der Waals surface area contributed by atoms with Gasteiger partial charge >= 0.3 is 0 Å². The molecule has 2 atom stereocenters. The van der Waals surface area contributed by atoms with Crippen molar-refractivity contribution in [3.8, 4) is 5.75 Å². The SMILES string of the molecule is CC[C@@H](C)NC(=O)[C@@H](C)N(Cc1ccccc1C)C(=O)CN(c1ccccc1OC)S(=O)(=O)c1ccc(C)cc1. The number of nitrogens with one attached hydrogen (secondary N) is 1. The Balaban J connectivity index is 2.07. The normalized spacial score (nSPS) is 12.8. The fraction of sp³-hybridized carbons (Fsp3) is 0.355. The monoisotopic (exact) mass is 565 g/mol. The van der Waals surface area contributed by atoms with E-state index >= 15 is 0 Å². The third kappa shape index (κ3) is 7.21. The lowest BCUT2D eigenvalue weighted by Crippen LogP contribution is -2.52. The molecular formula is C31H39N3O5S. The summed E-state index contributed by atoms with van der Waals surface area (Å²) < 4.78 is 34.5. The van der Waals surface area contributed by atoms with E-state index < -0.39 is 28.5 Å². The molecule has 0 saturated carbocycles. The molecule has 40 heavy (non-hydrogen) atoms. The maximum Gasteiger partial charge on any atom is 0.264 e. The van der Waals surface area contributed by atoms with Gasteiger partial charge in [-0.25, -0.2) is 8.42 Å². The second-order valence-electron chi connectivity index (χ2n) is 9.94. The van der Waals surface area contributed by atoms with Crippen LogP contribution in [0.2, 0.25) is 0 Å². The van der Waals surface area contributed by atoms with Gasteiger partial charge in [-0.2, -0.15) is 0 Å². The molecule has 0 aromatic heterocycles. The summed E-state index contributed by atoms with van der Waals surface area (Å²) in [4.78, 5) is 28.7. The number of ether oxygens (including phenoxy) is 1. The van der Waals surface area contributed by atoms with Gasteiger partial charge in [0.1, 0.15) is 18.3 Å². The number of hydrogen-bond donors (Lipinski definition) is 1. The highest BCUT2D eigenvalue weighted by Gasteiger charge is 2.34. The average molecular weight is 566 g/mol. The minimum Gasteiger partial charge on any atom is -0.495 e. The molecule has 2 amide bonds. The van der Waals surface area contributed by atoms with E-state index in [1.165, 1.54) is 24.1 Å². The van der Waals surface area contributed by atoms with Gasteiger partial charge in [0.05, 0.1) is 17.7 Å². The smallest absolute Gasteiger partial charge is 0.264 e. The minimum absolute atomic E-state index is 0.0461. The zero-order valence-electron chi connectivity index (χ0n) is 24.0. The van der Waals surface area contributed by atoms with Crippen LogP contribution in [0.4, 0.5) is 5.69 Å². The summed E-state index contributed by atoms with van der Waals surface area (Å²) >= 11 is 0. The van der Waals surface area contributed by atoms with Gasteiger partial charge in [0.2, 0.25) is 11.8 Å². The topological polar surface area (TPSA) is 96.0 Å². The molecule has 0 bridgehead atoms. The van der Waals surface area contributed by atoms with Crippen LogP contribution in [0.15, 0.2) is 77.7 Å². The van der Waals surface area contributed by atoms with Gasteiger partial charge < -0.3 is 15.0 Å². The quantitative estimate of drug-likeness (QED) is 0.339. The van der Waals surface area contributed by atoms with Crippen molar-refractivity contribution in [2.24, 2.45) is 0 Å². The Hall–Kier alpha value is -3.85. The van der Waals surface area contributed by atoms with Crippen molar-refractivity contribution >= 4 is 27.5 Å². The molecule has 3 aromatic carbocycles. The molecular weight excluding hydrogens is 526 g/mol. The molecule has 3 rings (SSSR count). The fourth-order valence-corrected chi connectivity index (χ4v) is 5.63. The summed E-state index contributed by atoms with van der Waals surface area (Å²) in [6.45, 7) is 8.95. The number of hydrogen-bond acceptors (Lipinski definition) is 5. The highest BCUT2D eigenvalue weighted by Crippen LogP contribution is 2.32. The lowest BCUT2D eigenvalue weighted by molar-refractivity contribution is -0.139. The Morgan fingerprint density at radius 1 is 0.925 bits per heavy atom. The number of sulfonamides is 1. The molecule has 0 spiro atoms. The van der Waals surface area contributed by atoms with Gasteiger partial charge in [0.25, 0.3) is 10.0 Å². The van der Waals surface area contributed by atoms with Gasteiger partial charge in [0, 0.05) is 12.6 Å². The van der Waals surface area contributed by atoms with Crippen LogP contribution < -0.4 is 14.4 Å². The number of para-hydroxylation sites is 2. The number of nitrogens with zero attached hydrogens (tertiary/aromatic N) is 2. The van der Waals surface area contributed by atoms with Gasteiger partial charge in [0.15, 0.2) is 0 Å². The summed E-state index contributed by atoms with van der Waals surface area (Å²) in [5.41, 5.74) is 2.96. The fourth-order valence-electron chi connectivity index (χ4n) is 4.21. The van der Waals surface area contributed by atoms with Gasteiger partial charge in [-0.15, -0.1) is 0 Å². The standard InChI is InChI=1S/C31H39N3O5S/c1-7-24(4)32-31(36)25(5)33(20-26-13-9-8-12-23(26)3)30(35)21-34(28-14-10-11-15-29(28)39-6)40(37,38)27-18-16-22(2)17-19-27/h8-19,24-25H,7,20-21H2,1-6H3,(H,32,36)/t24-,25-/m1/s1. The molecule has 214 valence electrons. The minimum atomic E-state index is -4.18. The Morgan fingerprint density at radius 3 is 2.17 bits per heavy atom. The number of anilines is 1. The van der Waals surface area contributed by atoms with Crippen molar-refractivity contribution in [2.45, 2.75) is 64.6 Å². The van der Waals surface area contributed by atoms with Crippen molar-refractivity contribution < 1.29 is 22.7 Å². The molecule has 0 heterocycles. The third-order valence-corrected chi connectivity index (χ3v) is 8.79. The van der Waals surface area contributed by atoms with Gasteiger partial charge in [-0.05, 0) is 69.5 Å². The summed E-state index contributed by atoms with van der Waals surface area (Å²) in [7, 11) is -2.73. The predicted molar refractivity (Wildman–Crippen MR) is 158 cm³/mol. The number of methoxy groups -OCH3 is 1. The number of amides is 2. The molecule has 8 nitrogen and oxygen atoms in total. The highest BCUT2D eigenvalue weighted by molar-refractivity contribution is 7.92. The Labute approximate surface area is 238 Å². The maximum absolute atomic E-state index is 14.1. The van der Waals surface area contributed by atoms with Crippen LogP contribution in [0, 0.1) is 13.8 Å². The first-order valence-electron chi connectivity index (χ1n) is 13.4. The Kier molecular flexibility index (Phi) is 10.3. The number of carbonyl (C=O) groups excluding carboxylic acids is 2. The molecule has 0 unspecified atom stereocenters. The average Bonchev–Trinajstić information content (AvgIpc) is 2.95. The van der Waals surface area contributed by atoms with E-state index in [0.29, 0.717) is 5.75 Å². The lowest BCUT2D eigenvalue weighted by Gasteiger charge is -2.33. The van der Waals surface area contributed by atoms with E-state index in [0.717, 1.165) is 27.4 Å². The number of benzene rings is 3. The van der Waals surface area contributed by atoms with Crippen LogP contribution in [0.3, 0.4) is 0 Å². The van der Waals surface area contributed by atoms with Crippen LogP contribution >= 0.6 is 0 Å². The molecule has 0 radical (unpaired) electrons. The van der Waals surface area contributed by atoms with Gasteiger partial charge in [-0.3, -0.25) is 13.9 Å². The summed E-state index contributed by atoms with van der Waals surface area (Å²) in [5.74, 6) is -0.517. The van der Waals surface area contributed by atoms with E-state index in [9.17, 15) is 18.0 Å². The molecule has 1 N–H and O–H groups in total. The number of rotatable bonds is 12. The van der Waals surface area contributed by atoms with Crippen LogP contribution in [0.25, 0.3) is 0 Å². The summed E-state index contributed by atoms with van der Waals surface area (Å²) in [5, 5.41) is 2.95. The Bertz CT molecular complexity index is 1420. The molecule has 3 aromatic rings. The first kappa shape index (κ1) is 30.7. The van der Waals surface area contributed by atoms with E-state index in [-0.39, 0.29) is 29.1 Å². The lowest BCUT2D eigenvalue weighted by atomic mass is 10.1. The summed E-state index contributed by atoms with van der Waals surface area (Å²) in [6, 6.07) is 19.8. The van der Waals surface area contributed by atoms with Crippen molar-refractivity contribution in [3.63, 3.8) is 0 Å². The molecule has 0 aliphatic rings. The Morgan fingerprint density at radius 2 is 1.55 bits per heavy atom. The third-order valence-electron chi connectivity index (χ3n) is 7.01. The van der Waals surface area contributed by atoms with Crippen LogP contribution in [-0.4, -0.2) is 50.9 Å². The molecule has 0 saturated heterocycles. The van der Waals surface area contributed by atoms with Crippen LogP contribution in [-0.2, 0) is 26.2 Å². The second-order valence-corrected chi connectivity index (χ2v) is 11.8. The predicted octanol–water partition coefficient (Wildman–Crippen LogP) is 4.84. The first-order valence-corrected chi connectivity index (χ1v) is 14.8. The zero-order chi connectivity index (χ0) is 29.4. The van der Waals surface area contributed by atoms with Crippen molar-refractivity contribution in [3.05, 3.63) is 89.5 Å². The highest BCUT2D eigenvalue weighted by atomic mass is 32.2. The first-order chi connectivity index (χ1) is 19.0. The molecule has 0 aliphatic carbocycles. The second kappa shape index (κ2) is 13.5. The van der Waals surface area contributed by atoms with E-state index in [2.05, 4.69) is 5.32 Å². The van der Waals surface area contributed by atoms with Crippen molar-refractivity contribution in [1.29, 1.82) is 0 Å². The van der Waals surface area contributed by atoms with Crippen molar-refractivity contribution in [2.75, 3.05) is 18.0 Å². The van der Waals surface area contributed by atoms with Gasteiger partial charge in [-0.1, -0.05) is 61.0 Å². The number of carbonyl (C=O) groups is 2. The van der Waals surface area contributed by atoms with Crippen molar-refractivity contribution in [1.82, 2.24) is 10.2 Å². The number of aryl methyl sites for hydroxylation is 2. The van der Waals surface area contributed by atoms with E-state index in [1.54, 1.807) is 43.3 Å². The van der Waals surface area contributed by atoms with E-state index in [4.69, 9.17) is 4.74 Å².